The first kappa shape index (κ1) is 10.4. The van der Waals surface area contributed by atoms with Gasteiger partial charge in [-0.3, -0.25) is 0 Å². The summed E-state index contributed by atoms with van der Waals surface area (Å²) in [5.74, 6) is -0.536. The predicted molar refractivity (Wildman–Crippen MR) is 42.5 cm³/mol. The summed E-state index contributed by atoms with van der Waals surface area (Å²) < 4.78 is 19.9. The molecule has 1 saturated heterocycles. The monoisotopic (exact) mass is 189 g/mol. The molecule has 5 heteroatoms. The topological polar surface area (TPSA) is 54.0 Å². The number of hydrogen-bond acceptors (Lipinski definition) is 5. The van der Waals surface area contributed by atoms with Crippen LogP contribution in [-0.2, 0) is 23.7 Å². The molecule has 1 fully saturated rings. The Morgan fingerprint density at radius 1 is 1.62 bits per heavy atom. The van der Waals surface area contributed by atoms with Gasteiger partial charge >= 0.3 is 6.47 Å². The highest BCUT2D eigenvalue weighted by Crippen LogP contribution is 2.22. The first-order valence-electron chi connectivity index (χ1n) is 4.02. The van der Waals surface area contributed by atoms with Crippen LogP contribution in [0.25, 0.3) is 0 Å². The van der Waals surface area contributed by atoms with Crippen molar-refractivity contribution in [2.24, 2.45) is 0 Å². The van der Waals surface area contributed by atoms with Crippen LogP contribution in [-0.4, -0.2) is 38.4 Å². The van der Waals surface area contributed by atoms with E-state index in [-0.39, 0.29) is 12.9 Å². The predicted octanol–water partition coefficient (Wildman–Crippen LogP) is 0.196. The molecule has 0 bridgehead atoms. The third kappa shape index (κ3) is 3.71. The molecule has 0 aromatic heterocycles. The molecule has 1 unspecified atom stereocenters. The molecular weight excluding hydrogens is 176 g/mol. The Labute approximate surface area is 76.9 Å². The van der Waals surface area contributed by atoms with Crippen LogP contribution in [0.1, 0.15) is 13.8 Å². The minimum absolute atomic E-state index is 0.0924. The van der Waals surface area contributed by atoms with E-state index in [4.69, 9.17) is 14.2 Å². The fourth-order valence-corrected chi connectivity index (χ4v) is 1.09. The van der Waals surface area contributed by atoms with E-state index in [9.17, 15) is 4.79 Å². The molecule has 0 aliphatic carbocycles. The van der Waals surface area contributed by atoms with Gasteiger partial charge in [-0.2, -0.15) is 0 Å². The molecule has 0 N–H and O–H groups in total. The lowest BCUT2D eigenvalue weighted by Gasteiger charge is -2.16. The lowest BCUT2D eigenvalue weighted by Crippen LogP contribution is -2.24. The first-order valence-corrected chi connectivity index (χ1v) is 4.02. The van der Waals surface area contributed by atoms with E-state index in [0.29, 0.717) is 13.2 Å². The Bertz CT molecular complexity index is 168. The van der Waals surface area contributed by atoms with Gasteiger partial charge in [-0.25, -0.2) is 4.79 Å². The summed E-state index contributed by atoms with van der Waals surface area (Å²) in [5, 5.41) is 0. The molecule has 1 rings (SSSR count). The zero-order valence-electron chi connectivity index (χ0n) is 7.74. The van der Waals surface area contributed by atoms with Crippen molar-refractivity contribution in [3.05, 3.63) is 0 Å². The summed E-state index contributed by atoms with van der Waals surface area (Å²) >= 11 is 0. The van der Waals surface area contributed by atoms with Crippen LogP contribution in [0.5, 0.6) is 0 Å². The average molecular weight is 189 g/mol. The zero-order chi connectivity index (χ0) is 9.73. The van der Waals surface area contributed by atoms with Gasteiger partial charge in [-0.15, -0.1) is 0 Å². The third-order valence-electron chi connectivity index (χ3n) is 1.57. The Hall–Kier alpha value is -0.650. The normalized spacial score (nSPS) is 25.8. The molecule has 0 aromatic carbocycles. The molecule has 0 saturated carbocycles. The maximum atomic E-state index is 9.62. The lowest BCUT2D eigenvalue weighted by molar-refractivity contribution is -0.148. The summed E-state index contributed by atoms with van der Waals surface area (Å²) in [6, 6.07) is 0. The van der Waals surface area contributed by atoms with Crippen LogP contribution < -0.4 is 0 Å². The van der Waals surface area contributed by atoms with Crippen molar-refractivity contribution >= 4 is 6.47 Å². The van der Waals surface area contributed by atoms with Gasteiger partial charge in [-0.05, 0) is 13.8 Å². The van der Waals surface area contributed by atoms with Crippen LogP contribution in [0, 0.1) is 0 Å². The van der Waals surface area contributed by atoms with Gasteiger partial charge in [0.05, 0.1) is 13.2 Å². The van der Waals surface area contributed by atoms with Crippen molar-refractivity contribution in [1.82, 2.24) is 0 Å². The van der Waals surface area contributed by atoms with Crippen molar-refractivity contribution in [3.63, 3.8) is 0 Å². The maximum absolute atomic E-state index is 9.62. The Morgan fingerprint density at radius 3 is 2.92 bits per heavy atom. The molecule has 1 heterocycles. The number of ether oxygens (including phenoxy) is 4. The van der Waals surface area contributed by atoms with Crippen molar-refractivity contribution < 1.29 is 23.7 Å². The van der Waals surface area contributed by atoms with Gasteiger partial charge in [0.1, 0.15) is 6.10 Å². The fraction of sp³-hybridized carbons (Fsp3) is 0.875. The summed E-state index contributed by atoms with van der Waals surface area (Å²) in [6.45, 7) is 5.69. The molecule has 13 heavy (non-hydrogen) atoms. The molecule has 1 aliphatic heterocycles. The quantitative estimate of drug-likeness (QED) is 0.456. The van der Waals surface area contributed by atoms with Gasteiger partial charge in [0.15, 0.2) is 12.6 Å². The van der Waals surface area contributed by atoms with Crippen molar-refractivity contribution in [2.45, 2.75) is 25.7 Å². The second kappa shape index (κ2) is 4.55. The van der Waals surface area contributed by atoms with Crippen LogP contribution >= 0.6 is 0 Å². The van der Waals surface area contributed by atoms with E-state index in [2.05, 4.69) is 4.74 Å². The van der Waals surface area contributed by atoms with Gasteiger partial charge < -0.3 is 18.9 Å². The van der Waals surface area contributed by atoms with Crippen LogP contribution in [0.15, 0.2) is 0 Å². The third-order valence-corrected chi connectivity index (χ3v) is 1.57. The molecule has 0 amide bonds. The summed E-state index contributed by atoms with van der Waals surface area (Å²) in [4.78, 5) is 9.62. The van der Waals surface area contributed by atoms with E-state index in [0.717, 1.165) is 0 Å². The van der Waals surface area contributed by atoms with Gasteiger partial charge in [-0.1, -0.05) is 0 Å². The molecule has 0 aromatic rings. The highest BCUT2D eigenvalue weighted by molar-refractivity contribution is 5.37. The van der Waals surface area contributed by atoms with Crippen LogP contribution in [0.3, 0.4) is 0 Å². The molecule has 1 aliphatic rings. The average Bonchev–Trinajstić information content (AvgIpc) is 2.40. The highest BCUT2D eigenvalue weighted by Gasteiger charge is 2.32. The van der Waals surface area contributed by atoms with Crippen molar-refractivity contribution in [2.75, 3.05) is 20.0 Å². The van der Waals surface area contributed by atoms with E-state index < -0.39 is 5.79 Å². The fourth-order valence-electron chi connectivity index (χ4n) is 1.09. The van der Waals surface area contributed by atoms with E-state index in [1.807, 2.05) is 13.8 Å². The summed E-state index contributed by atoms with van der Waals surface area (Å²) in [7, 11) is 0. The molecule has 75 valence electrons. The minimum atomic E-state index is -0.536. The lowest BCUT2D eigenvalue weighted by atomic mass is 10.4. The van der Waals surface area contributed by atoms with Crippen molar-refractivity contribution in [3.8, 4) is 0 Å². The molecule has 1 radical (unpaired) electrons. The number of hydrogen-bond donors (Lipinski definition) is 0. The smallest absolute Gasteiger partial charge is 0.419 e. The summed E-state index contributed by atoms with van der Waals surface area (Å²) in [5.41, 5.74) is 0. The van der Waals surface area contributed by atoms with Crippen molar-refractivity contribution in [1.29, 1.82) is 0 Å². The first-order chi connectivity index (χ1) is 6.14. The standard InChI is InChI=1S/C8H13O5/c1-8(2)12-4-7(13-8)3-10-6-11-5-9/h7H,3-4,6H2,1-2H3. The number of rotatable bonds is 5. The Balaban J connectivity index is 2.07. The van der Waals surface area contributed by atoms with E-state index in [1.54, 1.807) is 0 Å². The summed E-state index contributed by atoms with van der Waals surface area (Å²) in [6.07, 6.45) is -0.0924. The molecule has 0 spiro atoms. The van der Waals surface area contributed by atoms with Crippen LogP contribution in [0.2, 0.25) is 0 Å². The minimum Gasteiger partial charge on any atom is -0.430 e. The van der Waals surface area contributed by atoms with Crippen LogP contribution in [0.4, 0.5) is 0 Å². The Kier molecular flexibility index (Phi) is 3.65. The second-order valence-corrected chi connectivity index (χ2v) is 3.17. The SMILES string of the molecule is CC1(C)OCC(COCO[C]=O)O1. The maximum Gasteiger partial charge on any atom is 0.419 e. The van der Waals surface area contributed by atoms with E-state index >= 15 is 0 Å². The Morgan fingerprint density at radius 2 is 2.38 bits per heavy atom. The van der Waals surface area contributed by atoms with Gasteiger partial charge in [0, 0.05) is 0 Å². The van der Waals surface area contributed by atoms with Gasteiger partial charge in [0.25, 0.3) is 0 Å². The molecular formula is C8H13O5. The zero-order valence-corrected chi connectivity index (χ0v) is 7.74. The number of carbonyl (C=O) groups excluding carboxylic acids is 1. The molecule has 1 atom stereocenters. The largest absolute Gasteiger partial charge is 0.430 e. The van der Waals surface area contributed by atoms with Gasteiger partial charge in [0.2, 0.25) is 0 Å². The second-order valence-electron chi connectivity index (χ2n) is 3.17. The molecule has 5 nitrogen and oxygen atoms in total. The van der Waals surface area contributed by atoms with E-state index in [1.165, 1.54) is 6.47 Å². The highest BCUT2D eigenvalue weighted by atomic mass is 16.8.